The lowest BCUT2D eigenvalue weighted by Gasteiger charge is -2.08. The zero-order valence-corrected chi connectivity index (χ0v) is 11.9. The van der Waals surface area contributed by atoms with Gasteiger partial charge in [0.1, 0.15) is 11.6 Å². The molecule has 1 aliphatic heterocycles. The molecule has 0 N–H and O–H groups in total. The molecule has 2 aromatic rings. The Morgan fingerprint density at radius 1 is 1.00 bits per heavy atom. The highest BCUT2D eigenvalue weighted by Crippen LogP contribution is 2.29. The zero-order chi connectivity index (χ0) is 14.8. The molecule has 0 aromatic heterocycles. The third-order valence-electron chi connectivity index (χ3n) is 3.44. The number of benzene rings is 2. The van der Waals surface area contributed by atoms with Crippen LogP contribution < -0.4 is 4.74 Å². The molecule has 0 saturated heterocycles. The molecule has 106 valence electrons. The molecule has 0 amide bonds. The third kappa shape index (κ3) is 2.57. The SMILES string of the molecule is COc1ccccc1C1=N[C@@H](c2ccc(F)cc2)N=C1C. The summed E-state index contributed by atoms with van der Waals surface area (Å²) in [7, 11) is 1.64. The summed E-state index contributed by atoms with van der Waals surface area (Å²) in [5.74, 6) is 0.511. The number of aliphatic imine (C=N–C) groups is 2. The number of halogens is 1. The van der Waals surface area contributed by atoms with E-state index in [0.717, 1.165) is 28.3 Å². The van der Waals surface area contributed by atoms with Gasteiger partial charge in [-0.2, -0.15) is 0 Å². The Morgan fingerprint density at radius 3 is 2.43 bits per heavy atom. The van der Waals surface area contributed by atoms with Gasteiger partial charge in [0.15, 0.2) is 6.17 Å². The first-order valence-electron chi connectivity index (χ1n) is 6.70. The molecule has 1 aliphatic rings. The Balaban J connectivity index is 1.99. The average molecular weight is 282 g/mol. The van der Waals surface area contributed by atoms with E-state index in [2.05, 4.69) is 9.98 Å². The highest BCUT2D eigenvalue weighted by molar-refractivity contribution is 6.49. The van der Waals surface area contributed by atoms with Crippen molar-refractivity contribution in [3.8, 4) is 5.75 Å². The smallest absolute Gasteiger partial charge is 0.166 e. The van der Waals surface area contributed by atoms with Crippen molar-refractivity contribution >= 4 is 11.4 Å². The predicted octanol–water partition coefficient (Wildman–Crippen LogP) is 3.80. The van der Waals surface area contributed by atoms with Crippen molar-refractivity contribution in [2.75, 3.05) is 7.11 Å². The quantitative estimate of drug-likeness (QED) is 0.843. The normalized spacial score (nSPS) is 17.4. The first-order valence-corrected chi connectivity index (χ1v) is 6.70. The Labute approximate surface area is 122 Å². The minimum absolute atomic E-state index is 0.258. The van der Waals surface area contributed by atoms with Crippen LogP contribution in [-0.4, -0.2) is 18.5 Å². The monoisotopic (exact) mass is 282 g/mol. The Hall–Kier alpha value is -2.49. The van der Waals surface area contributed by atoms with Crippen molar-refractivity contribution in [1.82, 2.24) is 0 Å². The minimum atomic E-state index is -0.314. The third-order valence-corrected chi connectivity index (χ3v) is 3.44. The maximum Gasteiger partial charge on any atom is 0.166 e. The number of hydrogen-bond donors (Lipinski definition) is 0. The lowest BCUT2D eigenvalue weighted by Crippen LogP contribution is -2.09. The first-order chi connectivity index (χ1) is 10.2. The fourth-order valence-corrected chi connectivity index (χ4v) is 2.38. The Morgan fingerprint density at radius 2 is 1.71 bits per heavy atom. The molecule has 1 heterocycles. The summed E-state index contributed by atoms with van der Waals surface area (Å²) in [5, 5.41) is 0. The molecule has 21 heavy (non-hydrogen) atoms. The summed E-state index contributed by atoms with van der Waals surface area (Å²) in [6, 6.07) is 14.0. The molecule has 0 fully saturated rings. The van der Waals surface area contributed by atoms with Gasteiger partial charge in [0.05, 0.1) is 18.5 Å². The number of methoxy groups -OCH3 is 1. The van der Waals surface area contributed by atoms with Crippen LogP contribution in [0.4, 0.5) is 4.39 Å². The molecule has 4 heteroatoms. The standard InChI is InChI=1S/C17H15FN2O/c1-11-16(14-5-3-4-6-15(14)21-2)20-17(19-11)12-7-9-13(18)10-8-12/h3-10,17H,1-2H3/t17-/m0/s1. The minimum Gasteiger partial charge on any atom is -0.496 e. The van der Waals surface area contributed by atoms with E-state index < -0.39 is 0 Å². The van der Waals surface area contributed by atoms with E-state index in [1.165, 1.54) is 12.1 Å². The summed E-state index contributed by atoms with van der Waals surface area (Å²) >= 11 is 0. The molecule has 0 aliphatic carbocycles. The van der Waals surface area contributed by atoms with Crippen LogP contribution in [0.15, 0.2) is 58.5 Å². The summed E-state index contributed by atoms with van der Waals surface area (Å²) in [6.45, 7) is 1.93. The molecule has 0 bridgehead atoms. The van der Waals surface area contributed by atoms with Crippen LogP contribution in [0.5, 0.6) is 5.75 Å². The molecule has 0 unspecified atom stereocenters. The second-order valence-corrected chi connectivity index (χ2v) is 4.82. The van der Waals surface area contributed by atoms with Crippen LogP contribution in [-0.2, 0) is 0 Å². The molecule has 3 rings (SSSR count). The van der Waals surface area contributed by atoms with Crippen LogP contribution in [0.3, 0.4) is 0 Å². The van der Waals surface area contributed by atoms with Gasteiger partial charge in [0, 0.05) is 5.56 Å². The molecule has 2 aromatic carbocycles. The van der Waals surface area contributed by atoms with Crippen molar-refractivity contribution < 1.29 is 9.13 Å². The number of rotatable bonds is 3. The van der Waals surface area contributed by atoms with Crippen LogP contribution >= 0.6 is 0 Å². The fourth-order valence-electron chi connectivity index (χ4n) is 2.38. The van der Waals surface area contributed by atoms with Crippen LogP contribution in [0.25, 0.3) is 0 Å². The molecular formula is C17H15FN2O. The second kappa shape index (κ2) is 5.48. The highest BCUT2D eigenvalue weighted by Gasteiger charge is 2.22. The summed E-state index contributed by atoms with van der Waals surface area (Å²) < 4.78 is 18.4. The first kappa shape index (κ1) is 13.5. The lowest BCUT2D eigenvalue weighted by atomic mass is 10.1. The average Bonchev–Trinajstić information content (AvgIpc) is 2.89. The lowest BCUT2D eigenvalue weighted by molar-refractivity contribution is 0.414. The maximum absolute atomic E-state index is 13.0. The van der Waals surface area contributed by atoms with Gasteiger partial charge in [-0.3, -0.25) is 9.98 Å². The van der Waals surface area contributed by atoms with Gasteiger partial charge < -0.3 is 4.74 Å². The molecule has 0 saturated carbocycles. The zero-order valence-electron chi connectivity index (χ0n) is 11.9. The number of nitrogens with zero attached hydrogens (tertiary/aromatic N) is 2. The number of ether oxygens (including phenoxy) is 1. The maximum atomic E-state index is 13.0. The van der Waals surface area contributed by atoms with Crippen LogP contribution in [0.2, 0.25) is 0 Å². The Kier molecular flexibility index (Phi) is 3.52. The van der Waals surface area contributed by atoms with Crippen molar-refractivity contribution in [2.45, 2.75) is 13.1 Å². The summed E-state index contributed by atoms with van der Waals surface area (Å²) in [4.78, 5) is 9.21. The van der Waals surface area contributed by atoms with Gasteiger partial charge in [-0.25, -0.2) is 4.39 Å². The summed E-state index contributed by atoms with van der Waals surface area (Å²) in [5.41, 5.74) is 3.47. The van der Waals surface area contributed by atoms with Gasteiger partial charge in [-0.15, -0.1) is 0 Å². The van der Waals surface area contributed by atoms with Crippen molar-refractivity contribution in [1.29, 1.82) is 0 Å². The molecule has 3 nitrogen and oxygen atoms in total. The van der Waals surface area contributed by atoms with Crippen molar-refractivity contribution in [2.24, 2.45) is 9.98 Å². The van der Waals surface area contributed by atoms with E-state index in [0.29, 0.717) is 0 Å². The van der Waals surface area contributed by atoms with E-state index in [1.807, 2.05) is 31.2 Å². The summed E-state index contributed by atoms with van der Waals surface area (Å²) in [6.07, 6.45) is -0.314. The van der Waals surface area contributed by atoms with Crippen molar-refractivity contribution in [3.63, 3.8) is 0 Å². The second-order valence-electron chi connectivity index (χ2n) is 4.82. The molecule has 1 atom stereocenters. The largest absolute Gasteiger partial charge is 0.496 e. The topological polar surface area (TPSA) is 34.0 Å². The Bertz CT molecular complexity index is 720. The van der Waals surface area contributed by atoms with Gasteiger partial charge in [0.25, 0.3) is 0 Å². The van der Waals surface area contributed by atoms with Gasteiger partial charge >= 0.3 is 0 Å². The van der Waals surface area contributed by atoms with E-state index in [9.17, 15) is 4.39 Å². The van der Waals surface area contributed by atoms with Crippen molar-refractivity contribution in [3.05, 3.63) is 65.5 Å². The number of para-hydroxylation sites is 1. The van der Waals surface area contributed by atoms with E-state index in [4.69, 9.17) is 4.74 Å². The van der Waals surface area contributed by atoms with Gasteiger partial charge in [-0.05, 0) is 36.8 Å². The van der Waals surface area contributed by atoms with Gasteiger partial charge in [0.2, 0.25) is 0 Å². The van der Waals surface area contributed by atoms with E-state index in [1.54, 1.807) is 19.2 Å². The molecule has 0 radical (unpaired) electrons. The van der Waals surface area contributed by atoms with Crippen LogP contribution in [0.1, 0.15) is 24.2 Å². The highest BCUT2D eigenvalue weighted by atomic mass is 19.1. The van der Waals surface area contributed by atoms with Gasteiger partial charge in [-0.1, -0.05) is 24.3 Å². The van der Waals surface area contributed by atoms with Crippen LogP contribution in [0, 0.1) is 5.82 Å². The predicted molar refractivity (Wildman–Crippen MR) is 81.8 cm³/mol. The van der Waals surface area contributed by atoms with E-state index >= 15 is 0 Å². The fraction of sp³-hybridized carbons (Fsp3) is 0.176. The number of hydrogen-bond acceptors (Lipinski definition) is 3. The molecule has 0 spiro atoms. The van der Waals surface area contributed by atoms with E-state index in [-0.39, 0.29) is 12.0 Å². The molecular weight excluding hydrogens is 267 g/mol.